The average Bonchev–Trinajstić information content (AvgIpc) is 3.11. The van der Waals surface area contributed by atoms with Gasteiger partial charge in [0.1, 0.15) is 18.4 Å². The van der Waals surface area contributed by atoms with E-state index in [1.807, 2.05) is 19.1 Å². The molecule has 3 N–H and O–H groups in total. The second-order valence-electron chi connectivity index (χ2n) is 5.73. The molecule has 0 unspecified atom stereocenters. The lowest BCUT2D eigenvalue weighted by atomic mass is 10.1. The number of hydrogen-bond acceptors (Lipinski definition) is 5. The number of anilines is 1. The molecular weight excluding hydrogens is 324 g/mol. The number of carbonyl (C=O) groups is 2. The highest BCUT2D eigenvalue weighted by molar-refractivity contribution is 5.95. The molecule has 2 heterocycles. The zero-order valence-corrected chi connectivity index (χ0v) is 13.9. The standard InChI is InChI=1S/C16H20N6O3/c1-11(12-3-4-14-13(7-12)21-15(23)8-25-14)20-16(24)18-5-2-6-22-10-17-9-19-22/h3-4,7,9-11H,2,5-6,8H2,1H3,(H,21,23)(H2,18,20,24)/t11-/m0/s1. The summed E-state index contributed by atoms with van der Waals surface area (Å²) in [5.41, 5.74) is 1.50. The summed E-state index contributed by atoms with van der Waals surface area (Å²) in [6.45, 7) is 3.13. The molecule has 1 aliphatic rings. The molecule has 3 amide bonds. The molecule has 0 bridgehead atoms. The van der Waals surface area contributed by atoms with Crippen molar-refractivity contribution in [2.75, 3.05) is 18.5 Å². The number of benzene rings is 1. The zero-order chi connectivity index (χ0) is 17.6. The fourth-order valence-electron chi connectivity index (χ4n) is 2.49. The van der Waals surface area contributed by atoms with Crippen LogP contribution in [0.1, 0.15) is 24.9 Å². The number of carbonyl (C=O) groups excluding carboxylic acids is 2. The molecule has 9 heteroatoms. The molecule has 1 aromatic carbocycles. The number of rotatable bonds is 6. The summed E-state index contributed by atoms with van der Waals surface area (Å²) in [7, 11) is 0. The number of nitrogens with one attached hydrogen (secondary N) is 3. The lowest BCUT2D eigenvalue weighted by Gasteiger charge is -2.21. The lowest BCUT2D eigenvalue weighted by Crippen LogP contribution is -2.37. The molecule has 1 atom stereocenters. The number of hydrogen-bond donors (Lipinski definition) is 3. The molecule has 0 saturated heterocycles. The van der Waals surface area contributed by atoms with E-state index in [2.05, 4.69) is 26.0 Å². The van der Waals surface area contributed by atoms with E-state index in [1.54, 1.807) is 17.1 Å². The molecule has 3 rings (SSSR count). The average molecular weight is 344 g/mol. The molecular formula is C16H20N6O3. The molecule has 1 aliphatic heterocycles. The third-order valence-corrected chi connectivity index (χ3v) is 3.80. The smallest absolute Gasteiger partial charge is 0.315 e. The summed E-state index contributed by atoms with van der Waals surface area (Å²) >= 11 is 0. The van der Waals surface area contributed by atoms with E-state index in [9.17, 15) is 9.59 Å². The Morgan fingerprint density at radius 2 is 2.36 bits per heavy atom. The van der Waals surface area contributed by atoms with Crippen molar-refractivity contribution >= 4 is 17.6 Å². The summed E-state index contributed by atoms with van der Waals surface area (Å²) < 4.78 is 7.04. The van der Waals surface area contributed by atoms with Gasteiger partial charge in [-0.3, -0.25) is 9.48 Å². The Labute approximate surface area is 144 Å². The molecule has 0 fully saturated rings. The lowest BCUT2D eigenvalue weighted by molar-refractivity contribution is -0.118. The number of aryl methyl sites for hydroxylation is 1. The van der Waals surface area contributed by atoms with Gasteiger partial charge < -0.3 is 20.7 Å². The van der Waals surface area contributed by atoms with Crippen LogP contribution in [0.4, 0.5) is 10.5 Å². The van der Waals surface area contributed by atoms with Gasteiger partial charge in [0, 0.05) is 13.1 Å². The molecule has 9 nitrogen and oxygen atoms in total. The van der Waals surface area contributed by atoms with Gasteiger partial charge in [-0.2, -0.15) is 5.10 Å². The van der Waals surface area contributed by atoms with Gasteiger partial charge in [0.05, 0.1) is 11.7 Å². The van der Waals surface area contributed by atoms with Crippen LogP contribution in [0.2, 0.25) is 0 Å². The van der Waals surface area contributed by atoms with Crippen LogP contribution in [0.3, 0.4) is 0 Å². The van der Waals surface area contributed by atoms with Crippen molar-refractivity contribution in [3.05, 3.63) is 36.4 Å². The van der Waals surface area contributed by atoms with Crippen molar-refractivity contribution in [2.45, 2.75) is 25.9 Å². The van der Waals surface area contributed by atoms with Crippen LogP contribution >= 0.6 is 0 Å². The van der Waals surface area contributed by atoms with E-state index in [1.165, 1.54) is 6.33 Å². The Morgan fingerprint density at radius 1 is 1.48 bits per heavy atom. The fraction of sp³-hybridized carbons (Fsp3) is 0.375. The van der Waals surface area contributed by atoms with Crippen LogP contribution in [0, 0.1) is 0 Å². The van der Waals surface area contributed by atoms with E-state index in [0.717, 1.165) is 12.0 Å². The Balaban J connectivity index is 1.46. The van der Waals surface area contributed by atoms with Gasteiger partial charge in [0.25, 0.3) is 5.91 Å². The third kappa shape index (κ3) is 4.46. The van der Waals surface area contributed by atoms with Crippen LogP contribution in [0.15, 0.2) is 30.9 Å². The van der Waals surface area contributed by atoms with Crippen molar-refractivity contribution in [1.82, 2.24) is 25.4 Å². The Morgan fingerprint density at radius 3 is 3.16 bits per heavy atom. The largest absolute Gasteiger partial charge is 0.482 e. The van der Waals surface area contributed by atoms with E-state index in [0.29, 0.717) is 24.5 Å². The van der Waals surface area contributed by atoms with E-state index in [4.69, 9.17) is 4.74 Å². The van der Waals surface area contributed by atoms with Gasteiger partial charge >= 0.3 is 6.03 Å². The Hall–Kier alpha value is -3.10. The first-order chi connectivity index (χ1) is 12.1. The topological polar surface area (TPSA) is 110 Å². The van der Waals surface area contributed by atoms with Crippen molar-refractivity contribution < 1.29 is 14.3 Å². The molecule has 132 valence electrons. The second-order valence-corrected chi connectivity index (χ2v) is 5.73. The maximum atomic E-state index is 12.0. The normalized spacial score (nSPS) is 14.0. The van der Waals surface area contributed by atoms with Gasteiger partial charge in [-0.25, -0.2) is 9.78 Å². The van der Waals surface area contributed by atoms with Crippen molar-refractivity contribution in [1.29, 1.82) is 0 Å². The van der Waals surface area contributed by atoms with Crippen molar-refractivity contribution in [3.63, 3.8) is 0 Å². The quantitative estimate of drug-likeness (QED) is 0.679. The van der Waals surface area contributed by atoms with Crippen molar-refractivity contribution in [3.8, 4) is 5.75 Å². The van der Waals surface area contributed by atoms with E-state index >= 15 is 0 Å². The van der Waals surface area contributed by atoms with Gasteiger partial charge in [0.15, 0.2) is 6.61 Å². The highest BCUT2D eigenvalue weighted by atomic mass is 16.5. The number of ether oxygens (including phenoxy) is 1. The van der Waals surface area contributed by atoms with E-state index in [-0.39, 0.29) is 24.6 Å². The predicted molar refractivity (Wildman–Crippen MR) is 90.2 cm³/mol. The van der Waals surface area contributed by atoms with Crippen LogP contribution in [-0.4, -0.2) is 39.9 Å². The fourth-order valence-corrected chi connectivity index (χ4v) is 2.49. The first kappa shape index (κ1) is 16.7. The van der Waals surface area contributed by atoms with Gasteiger partial charge in [0.2, 0.25) is 0 Å². The second kappa shape index (κ2) is 7.65. The van der Waals surface area contributed by atoms with Gasteiger partial charge in [-0.05, 0) is 31.0 Å². The molecule has 25 heavy (non-hydrogen) atoms. The minimum absolute atomic E-state index is 0.0250. The highest BCUT2D eigenvalue weighted by Gasteiger charge is 2.18. The number of nitrogens with zero attached hydrogens (tertiary/aromatic N) is 3. The summed E-state index contributed by atoms with van der Waals surface area (Å²) in [5, 5.41) is 12.4. The van der Waals surface area contributed by atoms with E-state index < -0.39 is 0 Å². The number of aromatic nitrogens is 3. The van der Waals surface area contributed by atoms with Crippen LogP contribution in [-0.2, 0) is 11.3 Å². The Bertz CT molecular complexity index is 746. The zero-order valence-electron chi connectivity index (χ0n) is 13.9. The van der Waals surface area contributed by atoms with Gasteiger partial charge in [-0.1, -0.05) is 6.07 Å². The first-order valence-electron chi connectivity index (χ1n) is 8.05. The summed E-state index contributed by atoms with van der Waals surface area (Å²) in [5.74, 6) is 0.448. The predicted octanol–water partition coefficient (Wildman–Crippen LogP) is 1.06. The molecule has 0 aliphatic carbocycles. The van der Waals surface area contributed by atoms with Gasteiger partial charge in [-0.15, -0.1) is 0 Å². The Kier molecular flexibility index (Phi) is 5.12. The number of fused-ring (bicyclic) bond motifs is 1. The minimum Gasteiger partial charge on any atom is -0.482 e. The van der Waals surface area contributed by atoms with Crippen LogP contribution < -0.4 is 20.7 Å². The summed E-state index contributed by atoms with van der Waals surface area (Å²) in [4.78, 5) is 27.2. The molecule has 0 spiro atoms. The molecule has 0 saturated carbocycles. The third-order valence-electron chi connectivity index (χ3n) is 3.80. The highest BCUT2D eigenvalue weighted by Crippen LogP contribution is 2.30. The van der Waals surface area contributed by atoms with Crippen LogP contribution in [0.25, 0.3) is 0 Å². The van der Waals surface area contributed by atoms with Crippen LogP contribution in [0.5, 0.6) is 5.75 Å². The monoisotopic (exact) mass is 344 g/mol. The molecule has 1 aromatic heterocycles. The first-order valence-corrected chi connectivity index (χ1v) is 8.05. The number of urea groups is 1. The summed E-state index contributed by atoms with van der Waals surface area (Å²) in [6.07, 6.45) is 3.88. The molecule has 0 radical (unpaired) electrons. The maximum absolute atomic E-state index is 12.0. The SMILES string of the molecule is C[C@H](NC(=O)NCCCn1cncn1)c1ccc2c(c1)NC(=O)CO2. The number of amides is 3. The maximum Gasteiger partial charge on any atom is 0.315 e. The summed E-state index contributed by atoms with van der Waals surface area (Å²) in [6, 6.07) is 5.01. The molecule has 2 aromatic rings. The minimum atomic E-state index is -0.246. The van der Waals surface area contributed by atoms with Crippen molar-refractivity contribution in [2.24, 2.45) is 0 Å².